The lowest BCUT2D eigenvalue weighted by Crippen LogP contribution is -2.44. The molecule has 39 heavy (non-hydrogen) atoms. The number of benzene rings is 2. The maximum atomic E-state index is 14.2. The van der Waals surface area contributed by atoms with Crippen LogP contribution in [0.3, 0.4) is 0 Å². The van der Waals surface area contributed by atoms with E-state index in [0.717, 1.165) is 37.8 Å². The number of thiazole rings is 1. The van der Waals surface area contributed by atoms with Crippen molar-refractivity contribution in [3.8, 4) is 11.6 Å². The number of aromatic hydroxyl groups is 1. The van der Waals surface area contributed by atoms with Crippen LogP contribution < -0.4 is 20.2 Å². The fourth-order valence-electron chi connectivity index (χ4n) is 4.53. The molecule has 12 heteroatoms. The highest BCUT2D eigenvalue weighted by molar-refractivity contribution is 7.17. The first-order valence-corrected chi connectivity index (χ1v) is 13.2. The SMILES string of the molecule is COCCOc1ccc(CC(c2sc(N3CCN(C)CC3)nc2O)=c2ccc3c(c2)C=NN=3)c(C(F)(F)F)c1. The zero-order chi connectivity index (χ0) is 27.6. The number of methoxy groups -OCH3 is 1. The van der Waals surface area contributed by atoms with E-state index in [1.165, 1.54) is 30.6 Å². The lowest BCUT2D eigenvalue weighted by Gasteiger charge is -2.31. The van der Waals surface area contributed by atoms with Crippen molar-refractivity contribution in [2.75, 3.05) is 58.5 Å². The number of piperazine rings is 1. The molecule has 0 radical (unpaired) electrons. The topological polar surface area (TPSA) is 82.8 Å². The Labute approximate surface area is 227 Å². The van der Waals surface area contributed by atoms with E-state index in [1.807, 2.05) is 13.1 Å². The molecule has 0 unspecified atom stereocenters. The van der Waals surface area contributed by atoms with Crippen LogP contribution in [0, 0.1) is 0 Å². The quantitative estimate of drug-likeness (QED) is 0.428. The Kier molecular flexibility index (Phi) is 7.87. The van der Waals surface area contributed by atoms with Crippen LogP contribution in [0.15, 0.2) is 46.6 Å². The monoisotopic (exact) mass is 559 g/mol. The van der Waals surface area contributed by atoms with Gasteiger partial charge in [-0.3, -0.25) is 0 Å². The van der Waals surface area contributed by atoms with Gasteiger partial charge in [0.2, 0.25) is 5.88 Å². The number of alkyl halides is 3. The summed E-state index contributed by atoms with van der Waals surface area (Å²) in [5, 5.41) is 20.9. The van der Waals surface area contributed by atoms with Crippen LogP contribution in [0.5, 0.6) is 11.6 Å². The zero-order valence-electron chi connectivity index (χ0n) is 21.5. The molecule has 0 atom stereocenters. The molecule has 1 N–H and O–H groups in total. The summed E-state index contributed by atoms with van der Waals surface area (Å²) >= 11 is 1.29. The van der Waals surface area contributed by atoms with Gasteiger partial charge in [0.05, 0.1) is 28.6 Å². The highest BCUT2D eigenvalue weighted by atomic mass is 32.1. The predicted molar refractivity (Wildman–Crippen MR) is 143 cm³/mol. The molecule has 0 spiro atoms. The second kappa shape index (κ2) is 11.3. The van der Waals surface area contributed by atoms with E-state index in [2.05, 4.69) is 25.0 Å². The number of anilines is 1. The predicted octanol–water partition coefficient (Wildman–Crippen LogP) is 3.05. The summed E-state index contributed by atoms with van der Waals surface area (Å²) in [5.41, 5.74) is 0.554. The lowest BCUT2D eigenvalue weighted by molar-refractivity contribution is -0.138. The van der Waals surface area contributed by atoms with Gasteiger partial charge in [0, 0.05) is 45.3 Å². The molecule has 1 saturated heterocycles. The average Bonchev–Trinajstić information content (AvgIpc) is 3.54. The average molecular weight is 560 g/mol. The van der Waals surface area contributed by atoms with Crippen LogP contribution in [-0.4, -0.2) is 74.8 Å². The van der Waals surface area contributed by atoms with E-state index in [1.54, 1.807) is 18.3 Å². The first-order valence-electron chi connectivity index (χ1n) is 12.4. The Balaban J connectivity index is 1.59. The standard InChI is InChI=1S/C27H28F3N5O3S/c1-34-7-9-35(10-8-34)26-32-25(36)24(39-26)21(17-4-6-23-19(13-17)16-31-33-23)14-18-3-5-20(38-12-11-37-2)15-22(18)27(28,29)30/h3-6,13,15-16,36H,7-12,14H2,1-2H3. The van der Waals surface area contributed by atoms with Crippen LogP contribution >= 0.6 is 11.3 Å². The molecular formula is C27H28F3N5O3S. The Bertz CT molecular complexity index is 1500. The molecule has 0 bridgehead atoms. The Hall–Kier alpha value is -3.48. The van der Waals surface area contributed by atoms with Crippen molar-refractivity contribution in [1.29, 1.82) is 0 Å². The summed E-state index contributed by atoms with van der Waals surface area (Å²) in [6, 6.07) is 9.35. The van der Waals surface area contributed by atoms with Gasteiger partial charge in [0.25, 0.3) is 0 Å². The summed E-state index contributed by atoms with van der Waals surface area (Å²) in [4.78, 5) is 9.14. The van der Waals surface area contributed by atoms with E-state index < -0.39 is 11.7 Å². The number of ether oxygens (including phenoxy) is 2. The van der Waals surface area contributed by atoms with Gasteiger partial charge >= 0.3 is 6.18 Å². The molecule has 3 aromatic rings. The third-order valence-corrected chi connectivity index (χ3v) is 7.86. The fraction of sp³-hybridized carbons (Fsp3) is 0.370. The summed E-state index contributed by atoms with van der Waals surface area (Å²) < 4.78 is 53.0. The minimum absolute atomic E-state index is 0.0596. The van der Waals surface area contributed by atoms with Crippen molar-refractivity contribution < 1.29 is 27.8 Å². The van der Waals surface area contributed by atoms with Gasteiger partial charge in [-0.15, -0.1) is 0 Å². The Morgan fingerprint density at radius 3 is 2.62 bits per heavy atom. The molecule has 0 aliphatic carbocycles. The van der Waals surface area contributed by atoms with Crippen molar-refractivity contribution in [3.63, 3.8) is 0 Å². The van der Waals surface area contributed by atoms with Crippen molar-refractivity contribution >= 4 is 28.3 Å². The van der Waals surface area contributed by atoms with Gasteiger partial charge in [-0.2, -0.15) is 28.4 Å². The molecule has 8 nitrogen and oxygen atoms in total. The van der Waals surface area contributed by atoms with Gasteiger partial charge in [-0.25, -0.2) is 0 Å². The highest BCUT2D eigenvalue weighted by Crippen LogP contribution is 2.40. The normalized spacial score (nSPS) is 16.3. The van der Waals surface area contributed by atoms with Crippen LogP contribution in [0.2, 0.25) is 0 Å². The summed E-state index contributed by atoms with van der Waals surface area (Å²) in [6.07, 6.45) is -3.09. The van der Waals surface area contributed by atoms with Crippen LogP contribution in [-0.2, 0) is 17.3 Å². The molecule has 5 rings (SSSR count). The van der Waals surface area contributed by atoms with Gasteiger partial charge in [0.15, 0.2) is 5.13 Å². The van der Waals surface area contributed by atoms with Gasteiger partial charge in [0.1, 0.15) is 12.4 Å². The maximum Gasteiger partial charge on any atom is 0.416 e. The minimum atomic E-state index is -4.61. The van der Waals surface area contributed by atoms with Crippen LogP contribution in [0.4, 0.5) is 18.3 Å². The van der Waals surface area contributed by atoms with Crippen LogP contribution in [0.25, 0.3) is 5.57 Å². The molecule has 206 valence electrons. The number of rotatable bonds is 8. The van der Waals surface area contributed by atoms with Crippen molar-refractivity contribution in [2.45, 2.75) is 12.6 Å². The third kappa shape index (κ3) is 6.07. The van der Waals surface area contributed by atoms with Crippen molar-refractivity contribution in [1.82, 2.24) is 9.88 Å². The zero-order valence-corrected chi connectivity index (χ0v) is 22.3. The molecule has 2 aliphatic rings. The summed E-state index contributed by atoms with van der Waals surface area (Å²) in [5.74, 6) is -0.0890. The number of likely N-dealkylation sites (N-methyl/N-ethyl adjacent to an activating group) is 1. The third-order valence-electron chi connectivity index (χ3n) is 6.69. The molecule has 1 fully saturated rings. The van der Waals surface area contributed by atoms with Crippen LogP contribution in [0.1, 0.15) is 21.6 Å². The number of hydrogen-bond donors (Lipinski definition) is 1. The van der Waals surface area contributed by atoms with Gasteiger partial charge in [-0.05, 0) is 47.7 Å². The first kappa shape index (κ1) is 27.1. The number of nitrogens with zero attached hydrogens (tertiary/aromatic N) is 5. The molecule has 2 aliphatic heterocycles. The summed E-state index contributed by atoms with van der Waals surface area (Å²) in [7, 11) is 3.54. The maximum absolute atomic E-state index is 14.2. The molecule has 3 heterocycles. The second-order valence-electron chi connectivity index (χ2n) is 9.37. The van der Waals surface area contributed by atoms with Gasteiger partial charge in [-0.1, -0.05) is 23.5 Å². The first-order chi connectivity index (χ1) is 18.7. The molecule has 1 aromatic heterocycles. The minimum Gasteiger partial charge on any atom is -0.492 e. The van der Waals surface area contributed by atoms with Crippen molar-refractivity contribution in [3.05, 3.63) is 68.5 Å². The van der Waals surface area contributed by atoms with E-state index in [-0.39, 0.29) is 36.8 Å². The number of hydrogen-bond acceptors (Lipinski definition) is 9. The van der Waals surface area contributed by atoms with E-state index in [9.17, 15) is 18.3 Å². The van der Waals surface area contributed by atoms with Crippen molar-refractivity contribution in [2.24, 2.45) is 10.2 Å². The fourth-order valence-corrected chi connectivity index (χ4v) is 5.61. The lowest BCUT2D eigenvalue weighted by atomic mass is 9.96. The molecule has 0 amide bonds. The van der Waals surface area contributed by atoms with Gasteiger partial charge < -0.3 is 24.4 Å². The summed E-state index contributed by atoms with van der Waals surface area (Å²) in [6.45, 7) is 3.60. The smallest absolute Gasteiger partial charge is 0.416 e. The largest absolute Gasteiger partial charge is 0.492 e. The number of halogens is 3. The number of aromatic nitrogens is 1. The molecule has 2 aromatic carbocycles. The van der Waals surface area contributed by atoms with E-state index in [0.29, 0.717) is 26.2 Å². The number of fused-ring (bicyclic) bond motifs is 1. The molecular weight excluding hydrogens is 531 g/mol. The Morgan fingerprint density at radius 2 is 1.87 bits per heavy atom. The Morgan fingerprint density at radius 1 is 1.08 bits per heavy atom. The highest BCUT2D eigenvalue weighted by Gasteiger charge is 2.34. The van der Waals surface area contributed by atoms with E-state index in [4.69, 9.17) is 9.47 Å². The second-order valence-corrected chi connectivity index (χ2v) is 10.3. The molecule has 0 saturated carbocycles. The van der Waals surface area contributed by atoms with E-state index >= 15 is 0 Å².